The van der Waals surface area contributed by atoms with Gasteiger partial charge < -0.3 is 5.73 Å². The molecule has 1 aromatic carbocycles. The summed E-state index contributed by atoms with van der Waals surface area (Å²) in [5.41, 5.74) is 7.52. The molecular weight excluding hydrogens is 340 g/mol. The van der Waals surface area contributed by atoms with E-state index in [0.717, 1.165) is 15.1 Å². The molecule has 2 rings (SSSR count). The fourth-order valence-electron chi connectivity index (χ4n) is 3.06. The molecule has 0 spiro atoms. The van der Waals surface area contributed by atoms with Crippen LogP contribution in [0.25, 0.3) is 0 Å². The number of nitrogens with two attached hydrogens (primary N) is 1. The second-order valence-electron chi connectivity index (χ2n) is 5.39. The Balaban J connectivity index is 2.12. The Morgan fingerprint density at radius 2 is 2.22 bits per heavy atom. The van der Waals surface area contributed by atoms with Gasteiger partial charge in [-0.2, -0.15) is 0 Å². The summed E-state index contributed by atoms with van der Waals surface area (Å²) in [4.78, 5) is 0. The van der Waals surface area contributed by atoms with Crippen molar-refractivity contribution >= 4 is 22.6 Å². The van der Waals surface area contributed by atoms with Crippen LogP contribution in [0.15, 0.2) is 18.2 Å². The molecule has 0 aliphatic heterocycles. The summed E-state index contributed by atoms with van der Waals surface area (Å²) in [6.07, 6.45) is 6.33. The highest BCUT2D eigenvalue weighted by Gasteiger charge is 2.27. The summed E-state index contributed by atoms with van der Waals surface area (Å²) in [6, 6.07) is 5.02. The van der Waals surface area contributed by atoms with Crippen molar-refractivity contribution in [1.29, 1.82) is 0 Å². The van der Waals surface area contributed by atoms with E-state index < -0.39 is 0 Å². The summed E-state index contributed by atoms with van der Waals surface area (Å²) in [5.74, 6) is 1.21. The molecule has 3 unspecified atom stereocenters. The summed E-state index contributed by atoms with van der Waals surface area (Å²) in [6.45, 7) is 2.26. The Morgan fingerprint density at radius 3 is 2.89 bits per heavy atom. The van der Waals surface area contributed by atoms with Crippen molar-refractivity contribution in [2.45, 2.75) is 45.1 Å². The molecule has 1 aromatic rings. The zero-order valence-corrected chi connectivity index (χ0v) is 13.0. The largest absolute Gasteiger partial charge is 0.324 e. The van der Waals surface area contributed by atoms with E-state index in [1.54, 1.807) is 6.07 Å². The van der Waals surface area contributed by atoms with Crippen molar-refractivity contribution in [2.24, 2.45) is 17.6 Å². The van der Waals surface area contributed by atoms with E-state index in [-0.39, 0.29) is 11.9 Å². The van der Waals surface area contributed by atoms with Crippen LogP contribution >= 0.6 is 22.6 Å². The molecule has 2 N–H and O–H groups in total. The fourth-order valence-corrected chi connectivity index (χ4v) is 3.89. The maximum atomic E-state index is 13.1. The van der Waals surface area contributed by atoms with Gasteiger partial charge in [-0.15, -0.1) is 0 Å². The van der Waals surface area contributed by atoms with Gasteiger partial charge in [0.15, 0.2) is 0 Å². The fraction of sp³-hybridized carbons (Fsp3) is 0.600. The van der Waals surface area contributed by atoms with Crippen LogP contribution in [-0.4, -0.2) is 0 Å². The lowest BCUT2D eigenvalue weighted by Crippen LogP contribution is -2.27. The van der Waals surface area contributed by atoms with Crippen molar-refractivity contribution < 1.29 is 4.39 Å². The van der Waals surface area contributed by atoms with Gasteiger partial charge in [-0.3, -0.25) is 0 Å². The Labute approximate surface area is 122 Å². The number of halogens is 2. The molecule has 3 heteroatoms. The molecule has 0 heterocycles. The molecule has 18 heavy (non-hydrogen) atoms. The van der Waals surface area contributed by atoms with E-state index >= 15 is 0 Å². The zero-order chi connectivity index (χ0) is 13.1. The first-order valence-electron chi connectivity index (χ1n) is 6.82. The minimum absolute atomic E-state index is 0.0619. The highest BCUT2D eigenvalue weighted by atomic mass is 127. The molecular formula is C15H21FIN. The van der Waals surface area contributed by atoms with Gasteiger partial charge in [0.05, 0.1) is 0 Å². The minimum Gasteiger partial charge on any atom is -0.324 e. The van der Waals surface area contributed by atoms with Crippen molar-refractivity contribution in [2.75, 3.05) is 0 Å². The third-order valence-electron chi connectivity index (χ3n) is 4.23. The van der Waals surface area contributed by atoms with Crippen LogP contribution in [0.1, 0.15) is 50.6 Å². The van der Waals surface area contributed by atoms with Crippen molar-refractivity contribution in [1.82, 2.24) is 0 Å². The number of hydrogen-bond acceptors (Lipinski definition) is 1. The standard InChI is InChI=1S/C15H21FIN/c1-2-10-4-3-5-11(8-10)15(18)13-7-6-12(16)9-14(13)17/h6-7,9-11,15H,2-5,8,18H2,1H3. The molecule has 1 fully saturated rings. The maximum Gasteiger partial charge on any atom is 0.124 e. The maximum absolute atomic E-state index is 13.1. The van der Waals surface area contributed by atoms with E-state index in [0.29, 0.717) is 5.92 Å². The van der Waals surface area contributed by atoms with Crippen LogP contribution in [0, 0.1) is 21.2 Å². The lowest BCUT2D eigenvalue weighted by Gasteiger charge is -2.33. The summed E-state index contributed by atoms with van der Waals surface area (Å²) in [7, 11) is 0. The van der Waals surface area contributed by atoms with Gasteiger partial charge in [0, 0.05) is 9.61 Å². The highest BCUT2D eigenvalue weighted by molar-refractivity contribution is 14.1. The molecule has 1 saturated carbocycles. The molecule has 0 saturated heterocycles. The lowest BCUT2D eigenvalue weighted by molar-refractivity contribution is 0.230. The van der Waals surface area contributed by atoms with Crippen LogP contribution in [-0.2, 0) is 0 Å². The quantitative estimate of drug-likeness (QED) is 0.780. The Morgan fingerprint density at radius 1 is 1.44 bits per heavy atom. The van der Waals surface area contributed by atoms with E-state index in [1.807, 2.05) is 6.07 Å². The first kappa shape index (κ1) is 14.3. The van der Waals surface area contributed by atoms with Gasteiger partial charge in [0.1, 0.15) is 5.82 Å². The monoisotopic (exact) mass is 361 g/mol. The van der Waals surface area contributed by atoms with Crippen LogP contribution in [0.2, 0.25) is 0 Å². The molecule has 1 aliphatic rings. The molecule has 0 bridgehead atoms. The first-order chi connectivity index (χ1) is 8.61. The molecule has 1 aliphatic carbocycles. The molecule has 100 valence electrons. The summed E-state index contributed by atoms with van der Waals surface area (Å²) in [5, 5.41) is 0. The van der Waals surface area contributed by atoms with Crippen LogP contribution in [0.3, 0.4) is 0 Å². The minimum atomic E-state index is -0.176. The number of hydrogen-bond donors (Lipinski definition) is 1. The normalized spacial score (nSPS) is 26.0. The van der Waals surface area contributed by atoms with Gasteiger partial charge in [0.25, 0.3) is 0 Å². The SMILES string of the molecule is CCC1CCCC(C(N)c2ccc(F)cc2I)C1. The van der Waals surface area contributed by atoms with Crippen molar-refractivity contribution in [3.8, 4) is 0 Å². The second-order valence-corrected chi connectivity index (χ2v) is 6.55. The molecule has 1 nitrogen and oxygen atoms in total. The number of benzene rings is 1. The third kappa shape index (κ3) is 3.23. The predicted molar refractivity (Wildman–Crippen MR) is 81.8 cm³/mol. The van der Waals surface area contributed by atoms with Crippen LogP contribution in [0.4, 0.5) is 4.39 Å². The molecule has 0 amide bonds. The lowest BCUT2D eigenvalue weighted by atomic mass is 9.75. The summed E-state index contributed by atoms with van der Waals surface area (Å²) >= 11 is 2.19. The number of rotatable bonds is 3. The van der Waals surface area contributed by atoms with E-state index in [9.17, 15) is 4.39 Å². The highest BCUT2D eigenvalue weighted by Crippen LogP contribution is 2.38. The Kier molecular flexibility index (Phi) is 5.01. The van der Waals surface area contributed by atoms with Crippen molar-refractivity contribution in [3.05, 3.63) is 33.1 Å². The Hall–Kier alpha value is -0.160. The average molecular weight is 361 g/mol. The molecule has 0 aromatic heterocycles. The summed E-state index contributed by atoms with van der Waals surface area (Å²) < 4.78 is 14.1. The average Bonchev–Trinajstić information content (AvgIpc) is 2.38. The van der Waals surface area contributed by atoms with Gasteiger partial charge in [-0.05, 0) is 65.0 Å². The Bertz CT molecular complexity index is 407. The van der Waals surface area contributed by atoms with Gasteiger partial charge in [-0.1, -0.05) is 32.3 Å². The van der Waals surface area contributed by atoms with Crippen LogP contribution < -0.4 is 5.73 Å². The third-order valence-corrected chi connectivity index (χ3v) is 5.16. The van der Waals surface area contributed by atoms with Crippen LogP contribution in [0.5, 0.6) is 0 Å². The molecule has 0 radical (unpaired) electrons. The van der Waals surface area contributed by atoms with Crippen molar-refractivity contribution in [3.63, 3.8) is 0 Å². The van der Waals surface area contributed by atoms with E-state index in [4.69, 9.17) is 5.73 Å². The van der Waals surface area contributed by atoms with Gasteiger partial charge in [-0.25, -0.2) is 4.39 Å². The van der Waals surface area contributed by atoms with E-state index in [1.165, 1.54) is 38.2 Å². The van der Waals surface area contributed by atoms with E-state index in [2.05, 4.69) is 29.5 Å². The smallest absolute Gasteiger partial charge is 0.124 e. The molecule has 3 atom stereocenters. The predicted octanol–water partition coefficient (Wildman–Crippen LogP) is 4.65. The first-order valence-corrected chi connectivity index (χ1v) is 7.90. The van der Waals surface area contributed by atoms with Gasteiger partial charge >= 0.3 is 0 Å². The zero-order valence-electron chi connectivity index (χ0n) is 10.8. The van der Waals surface area contributed by atoms with Gasteiger partial charge in [0.2, 0.25) is 0 Å². The second kappa shape index (κ2) is 6.33. The topological polar surface area (TPSA) is 26.0 Å².